The quantitative estimate of drug-likeness (QED) is 0.633. The minimum Gasteiger partial charge on any atom is -0.380 e. The molecule has 2 heterocycles. The van der Waals surface area contributed by atoms with Gasteiger partial charge in [-0.05, 0) is 43.0 Å². The second-order valence-corrected chi connectivity index (χ2v) is 7.12. The highest BCUT2D eigenvalue weighted by atomic mass is 32.1. The normalized spacial score (nSPS) is 11.9. The van der Waals surface area contributed by atoms with Gasteiger partial charge in [-0.25, -0.2) is 0 Å². The monoisotopic (exact) mass is 369 g/mol. The zero-order chi connectivity index (χ0) is 18.4. The summed E-state index contributed by atoms with van der Waals surface area (Å²) in [5, 5.41) is 16.5. The molecule has 0 saturated heterocycles. The van der Waals surface area contributed by atoms with E-state index in [9.17, 15) is 4.79 Å². The molecule has 3 rings (SSSR count). The second-order valence-electron chi connectivity index (χ2n) is 6.09. The molecule has 0 aliphatic carbocycles. The molecule has 1 aromatic carbocycles. The first-order valence-corrected chi connectivity index (χ1v) is 9.60. The number of hydrogen-bond donors (Lipinski definition) is 2. The van der Waals surface area contributed by atoms with Crippen molar-refractivity contribution in [3.8, 4) is 0 Å². The van der Waals surface area contributed by atoms with Crippen molar-refractivity contribution in [2.24, 2.45) is 0 Å². The van der Waals surface area contributed by atoms with Crippen LogP contribution in [-0.2, 0) is 13.1 Å². The van der Waals surface area contributed by atoms with Crippen LogP contribution < -0.4 is 10.6 Å². The molecule has 1 amide bonds. The van der Waals surface area contributed by atoms with Crippen LogP contribution in [0.2, 0.25) is 0 Å². The van der Waals surface area contributed by atoms with Crippen molar-refractivity contribution < 1.29 is 4.79 Å². The minimum absolute atomic E-state index is 0.122. The number of benzene rings is 1. The molecule has 0 aliphatic rings. The Balaban J connectivity index is 1.63. The van der Waals surface area contributed by atoms with Gasteiger partial charge in [0.15, 0.2) is 5.82 Å². The third-order valence-electron chi connectivity index (χ3n) is 4.02. The summed E-state index contributed by atoms with van der Waals surface area (Å²) in [7, 11) is 0. The first kappa shape index (κ1) is 18.1. The number of carbonyl (C=O) groups is 1. The summed E-state index contributed by atoms with van der Waals surface area (Å²) in [6.45, 7) is 5.61. The first-order valence-electron chi connectivity index (χ1n) is 8.72. The predicted octanol–water partition coefficient (Wildman–Crippen LogP) is 3.85. The Bertz CT molecular complexity index is 843. The van der Waals surface area contributed by atoms with Crippen LogP contribution in [0.4, 0.5) is 5.69 Å². The molecule has 0 fully saturated rings. The molecule has 0 spiro atoms. The molecule has 0 saturated carbocycles. The van der Waals surface area contributed by atoms with E-state index in [-0.39, 0.29) is 11.9 Å². The Labute approximate surface area is 157 Å². The maximum atomic E-state index is 12.6. The summed E-state index contributed by atoms with van der Waals surface area (Å²) in [6.07, 6.45) is 2.69. The van der Waals surface area contributed by atoms with E-state index in [1.54, 1.807) is 17.7 Å². The van der Waals surface area contributed by atoms with Crippen molar-refractivity contribution in [2.75, 3.05) is 5.32 Å². The van der Waals surface area contributed by atoms with Crippen molar-refractivity contribution in [1.82, 2.24) is 20.1 Å². The lowest BCUT2D eigenvalue weighted by molar-refractivity contribution is 0.0937. The fourth-order valence-electron chi connectivity index (χ4n) is 2.73. The smallest absolute Gasteiger partial charge is 0.251 e. The highest BCUT2D eigenvalue weighted by molar-refractivity contribution is 7.09. The molecular weight excluding hydrogens is 346 g/mol. The van der Waals surface area contributed by atoms with Crippen molar-refractivity contribution in [1.29, 1.82) is 0 Å². The Hall–Kier alpha value is -2.67. The lowest BCUT2D eigenvalue weighted by atomic mass is 10.1. The summed E-state index contributed by atoms with van der Waals surface area (Å²) < 4.78 is 1.98. The number of aromatic nitrogens is 3. The average molecular weight is 369 g/mol. The lowest BCUT2D eigenvalue weighted by Gasteiger charge is -2.15. The third kappa shape index (κ3) is 4.49. The zero-order valence-corrected chi connectivity index (χ0v) is 15.8. The summed E-state index contributed by atoms with van der Waals surface area (Å²) in [5.41, 5.74) is 1.54. The molecule has 3 aromatic rings. The van der Waals surface area contributed by atoms with Gasteiger partial charge >= 0.3 is 0 Å². The van der Waals surface area contributed by atoms with E-state index < -0.39 is 0 Å². The Kier molecular flexibility index (Phi) is 6.01. The maximum Gasteiger partial charge on any atom is 0.251 e. The predicted molar refractivity (Wildman–Crippen MR) is 104 cm³/mol. The van der Waals surface area contributed by atoms with Gasteiger partial charge in [-0.1, -0.05) is 19.1 Å². The van der Waals surface area contributed by atoms with Crippen molar-refractivity contribution in [3.05, 3.63) is 64.4 Å². The van der Waals surface area contributed by atoms with Gasteiger partial charge in [-0.3, -0.25) is 4.79 Å². The number of aryl methyl sites for hydroxylation is 1. The van der Waals surface area contributed by atoms with Crippen LogP contribution in [0.25, 0.3) is 0 Å². The van der Waals surface area contributed by atoms with E-state index in [0.29, 0.717) is 5.56 Å². The fourth-order valence-corrected chi connectivity index (χ4v) is 3.37. The summed E-state index contributed by atoms with van der Waals surface area (Å²) in [5.74, 6) is 0.649. The van der Waals surface area contributed by atoms with Crippen LogP contribution in [0.5, 0.6) is 0 Å². The van der Waals surface area contributed by atoms with E-state index in [2.05, 4.69) is 39.2 Å². The van der Waals surface area contributed by atoms with Gasteiger partial charge in [-0.2, -0.15) is 0 Å². The SMILES string of the molecule is CCCn1cnnc1C(C)NC(=O)c1cccc(NCc2cccs2)c1. The summed E-state index contributed by atoms with van der Waals surface area (Å²) in [4.78, 5) is 13.9. The molecule has 0 aliphatic heterocycles. The van der Waals surface area contributed by atoms with Crippen LogP contribution in [0.3, 0.4) is 0 Å². The maximum absolute atomic E-state index is 12.6. The molecule has 0 radical (unpaired) electrons. The Morgan fingerprint density at radius 2 is 2.19 bits per heavy atom. The van der Waals surface area contributed by atoms with E-state index in [1.165, 1.54) is 4.88 Å². The molecule has 0 bridgehead atoms. The number of amides is 1. The summed E-state index contributed by atoms with van der Waals surface area (Å²) in [6, 6.07) is 11.4. The molecule has 2 aromatic heterocycles. The zero-order valence-electron chi connectivity index (χ0n) is 15.0. The molecule has 1 unspecified atom stereocenters. The number of nitrogens with one attached hydrogen (secondary N) is 2. The van der Waals surface area contributed by atoms with E-state index in [0.717, 1.165) is 31.0 Å². The lowest BCUT2D eigenvalue weighted by Crippen LogP contribution is -2.28. The van der Waals surface area contributed by atoms with Crippen LogP contribution in [0.15, 0.2) is 48.1 Å². The van der Waals surface area contributed by atoms with Crippen LogP contribution in [0, 0.1) is 0 Å². The number of carbonyl (C=O) groups excluding carboxylic acids is 1. The third-order valence-corrected chi connectivity index (χ3v) is 4.89. The van der Waals surface area contributed by atoms with Gasteiger partial charge in [0.2, 0.25) is 0 Å². The molecule has 1 atom stereocenters. The van der Waals surface area contributed by atoms with Crippen molar-refractivity contribution in [2.45, 2.75) is 39.4 Å². The molecule has 136 valence electrons. The second kappa shape index (κ2) is 8.62. The molecule has 7 heteroatoms. The van der Waals surface area contributed by atoms with Gasteiger partial charge in [0, 0.05) is 29.2 Å². The number of thiophene rings is 1. The van der Waals surface area contributed by atoms with Crippen LogP contribution in [-0.4, -0.2) is 20.7 Å². The van der Waals surface area contributed by atoms with Gasteiger partial charge in [0.05, 0.1) is 6.04 Å². The van der Waals surface area contributed by atoms with Gasteiger partial charge < -0.3 is 15.2 Å². The van der Waals surface area contributed by atoms with E-state index in [1.807, 2.05) is 41.8 Å². The number of anilines is 1. The van der Waals surface area contributed by atoms with E-state index >= 15 is 0 Å². The number of nitrogens with zero attached hydrogens (tertiary/aromatic N) is 3. The van der Waals surface area contributed by atoms with Gasteiger partial charge in [0.1, 0.15) is 6.33 Å². The van der Waals surface area contributed by atoms with E-state index in [4.69, 9.17) is 0 Å². The minimum atomic E-state index is -0.209. The largest absolute Gasteiger partial charge is 0.380 e. The van der Waals surface area contributed by atoms with Gasteiger partial charge in [0.25, 0.3) is 5.91 Å². The topological polar surface area (TPSA) is 71.8 Å². The highest BCUT2D eigenvalue weighted by Gasteiger charge is 2.16. The van der Waals surface area contributed by atoms with Crippen molar-refractivity contribution in [3.63, 3.8) is 0 Å². The van der Waals surface area contributed by atoms with Crippen LogP contribution in [0.1, 0.15) is 47.4 Å². The number of hydrogen-bond acceptors (Lipinski definition) is 5. The van der Waals surface area contributed by atoms with Crippen LogP contribution >= 0.6 is 11.3 Å². The number of rotatable bonds is 8. The summed E-state index contributed by atoms with van der Waals surface area (Å²) >= 11 is 1.71. The first-order chi connectivity index (χ1) is 12.7. The molecule has 6 nitrogen and oxygen atoms in total. The molecule has 26 heavy (non-hydrogen) atoms. The molecule has 2 N–H and O–H groups in total. The van der Waals surface area contributed by atoms with Crippen molar-refractivity contribution >= 4 is 22.9 Å². The fraction of sp³-hybridized carbons (Fsp3) is 0.316. The Morgan fingerprint density at radius 1 is 1.31 bits per heavy atom. The average Bonchev–Trinajstić information content (AvgIpc) is 3.32. The Morgan fingerprint density at radius 3 is 2.96 bits per heavy atom. The standard InChI is InChI=1S/C19H23N5OS/c1-3-9-24-13-21-23-18(24)14(2)22-19(25)15-6-4-7-16(11-15)20-12-17-8-5-10-26-17/h4-8,10-11,13-14,20H,3,9,12H2,1-2H3,(H,22,25). The van der Waals surface area contributed by atoms with Gasteiger partial charge in [-0.15, -0.1) is 21.5 Å². The molecular formula is C19H23N5OS. The highest BCUT2D eigenvalue weighted by Crippen LogP contribution is 2.16.